The molecule has 24 heavy (non-hydrogen) atoms. The van der Waals surface area contributed by atoms with Crippen LogP contribution in [-0.4, -0.2) is 12.0 Å². The predicted molar refractivity (Wildman–Crippen MR) is 98.7 cm³/mol. The standard InChI is InChI=1S/C21H31NO2/c1-2-3-4-9-12-21(23)22-16-13-14-20-18(15-16)17-10-7-5-6-8-11-19(17)24-20/h13-15,17,19H,2-12H2,1H3,(H,22,23). The molecule has 1 amide bonds. The molecule has 2 aliphatic rings. The minimum Gasteiger partial charge on any atom is -0.489 e. The van der Waals surface area contributed by atoms with Gasteiger partial charge in [-0.2, -0.15) is 0 Å². The molecule has 0 saturated heterocycles. The number of anilines is 1. The maximum atomic E-state index is 12.1. The Kier molecular flexibility index (Phi) is 6.17. The highest BCUT2D eigenvalue weighted by Gasteiger charge is 2.34. The number of fused-ring (bicyclic) bond motifs is 3. The van der Waals surface area contributed by atoms with Crippen LogP contribution in [0.3, 0.4) is 0 Å². The van der Waals surface area contributed by atoms with Crippen molar-refractivity contribution in [3.05, 3.63) is 23.8 Å². The zero-order chi connectivity index (χ0) is 16.8. The lowest BCUT2D eigenvalue weighted by atomic mass is 9.85. The van der Waals surface area contributed by atoms with Gasteiger partial charge in [0.1, 0.15) is 11.9 Å². The topological polar surface area (TPSA) is 38.3 Å². The van der Waals surface area contributed by atoms with Crippen LogP contribution in [0, 0.1) is 0 Å². The van der Waals surface area contributed by atoms with E-state index in [-0.39, 0.29) is 5.91 Å². The number of ether oxygens (including phenoxy) is 1. The van der Waals surface area contributed by atoms with E-state index in [0.717, 1.165) is 24.3 Å². The van der Waals surface area contributed by atoms with Gasteiger partial charge in [0, 0.05) is 23.6 Å². The fourth-order valence-corrected chi connectivity index (χ4v) is 4.07. The molecule has 0 aromatic heterocycles. The van der Waals surface area contributed by atoms with Crippen LogP contribution >= 0.6 is 0 Å². The molecule has 1 aliphatic carbocycles. The van der Waals surface area contributed by atoms with Crippen molar-refractivity contribution in [3.8, 4) is 5.75 Å². The molecule has 1 heterocycles. The summed E-state index contributed by atoms with van der Waals surface area (Å²) in [4.78, 5) is 12.1. The summed E-state index contributed by atoms with van der Waals surface area (Å²) in [5.41, 5.74) is 2.24. The Hall–Kier alpha value is -1.51. The molecule has 3 rings (SSSR count). The zero-order valence-electron chi connectivity index (χ0n) is 15.0. The van der Waals surface area contributed by atoms with E-state index in [2.05, 4.69) is 18.3 Å². The first-order valence-electron chi connectivity index (χ1n) is 9.88. The van der Waals surface area contributed by atoms with Gasteiger partial charge in [0.05, 0.1) is 0 Å². The van der Waals surface area contributed by atoms with Crippen molar-refractivity contribution in [2.45, 2.75) is 89.6 Å². The number of carbonyl (C=O) groups excluding carboxylic acids is 1. The summed E-state index contributed by atoms with van der Waals surface area (Å²) in [7, 11) is 0. The van der Waals surface area contributed by atoms with E-state index in [1.165, 1.54) is 56.9 Å². The van der Waals surface area contributed by atoms with Crippen LogP contribution in [0.5, 0.6) is 5.75 Å². The number of rotatable bonds is 6. The van der Waals surface area contributed by atoms with Crippen molar-refractivity contribution >= 4 is 11.6 Å². The van der Waals surface area contributed by atoms with Gasteiger partial charge in [-0.15, -0.1) is 0 Å². The summed E-state index contributed by atoms with van der Waals surface area (Å²) in [6, 6.07) is 6.19. The average Bonchev–Trinajstić information content (AvgIpc) is 2.88. The molecule has 1 N–H and O–H groups in total. The number of benzene rings is 1. The summed E-state index contributed by atoms with van der Waals surface area (Å²) in [6.45, 7) is 2.19. The van der Waals surface area contributed by atoms with Gasteiger partial charge in [-0.3, -0.25) is 4.79 Å². The minimum absolute atomic E-state index is 0.138. The van der Waals surface area contributed by atoms with Crippen molar-refractivity contribution in [1.29, 1.82) is 0 Å². The van der Waals surface area contributed by atoms with Crippen LogP contribution in [0.15, 0.2) is 18.2 Å². The van der Waals surface area contributed by atoms with Gasteiger partial charge in [0.25, 0.3) is 0 Å². The molecule has 0 spiro atoms. The number of nitrogens with one attached hydrogen (secondary N) is 1. The molecule has 2 unspecified atom stereocenters. The van der Waals surface area contributed by atoms with Crippen LogP contribution in [0.4, 0.5) is 5.69 Å². The Morgan fingerprint density at radius 2 is 1.96 bits per heavy atom. The third kappa shape index (κ3) is 4.31. The molecule has 0 bridgehead atoms. The van der Waals surface area contributed by atoms with E-state index in [1.807, 2.05) is 12.1 Å². The number of hydrogen-bond acceptors (Lipinski definition) is 2. The number of amides is 1. The SMILES string of the molecule is CCCCCCC(=O)Nc1ccc2c(c1)C1CCCCCCC1O2. The second kappa shape index (κ2) is 8.55. The number of carbonyl (C=O) groups is 1. The minimum atomic E-state index is 0.138. The predicted octanol–water partition coefficient (Wildman–Crippen LogP) is 5.79. The maximum Gasteiger partial charge on any atom is 0.224 e. The van der Waals surface area contributed by atoms with E-state index < -0.39 is 0 Å². The van der Waals surface area contributed by atoms with Crippen molar-refractivity contribution in [2.75, 3.05) is 5.32 Å². The lowest BCUT2D eigenvalue weighted by Crippen LogP contribution is -2.20. The first-order chi connectivity index (χ1) is 11.8. The van der Waals surface area contributed by atoms with Gasteiger partial charge in [0.15, 0.2) is 0 Å². The average molecular weight is 329 g/mol. The number of hydrogen-bond donors (Lipinski definition) is 1. The van der Waals surface area contributed by atoms with Gasteiger partial charge in [-0.1, -0.05) is 45.4 Å². The summed E-state index contributed by atoms with van der Waals surface area (Å²) in [5.74, 6) is 1.69. The van der Waals surface area contributed by atoms with Crippen LogP contribution in [0.25, 0.3) is 0 Å². The largest absolute Gasteiger partial charge is 0.489 e. The monoisotopic (exact) mass is 329 g/mol. The fraction of sp³-hybridized carbons (Fsp3) is 0.667. The molecule has 132 valence electrons. The van der Waals surface area contributed by atoms with E-state index in [9.17, 15) is 4.79 Å². The second-order valence-corrected chi connectivity index (χ2v) is 7.37. The molecular formula is C21H31NO2. The second-order valence-electron chi connectivity index (χ2n) is 7.37. The molecule has 1 saturated carbocycles. The molecule has 0 radical (unpaired) electrons. The molecule has 3 nitrogen and oxygen atoms in total. The van der Waals surface area contributed by atoms with Gasteiger partial charge in [-0.25, -0.2) is 0 Å². The van der Waals surface area contributed by atoms with E-state index in [1.54, 1.807) is 0 Å². The van der Waals surface area contributed by atoms with Crippen molar-refractivity contribution in [3.63, 3.8) is 0 Å². The fourth-order valence-electron chi connectivity index (χ4n) is 4.07. The smallest absolute Gasteiger partial charge is 0.224 e. The summed E-state index contributed by atoms with van der Waals surface area (Å²) in [6.07, 6.45) is 13.1. The molecule has 1 fully saturated rings. The first kappa shape index (κ1) is 17.3. The molecule has 1 aromatic carbocycles. The highest BCUT2D eigenvalue weighted by Crippen LogP contribution is 2.45. The van der Waals surface area contributed by atoms with Crippen LogP contribution < -0.4 is 10.1 Å². The molecule has 2 atom stereocenters. The third-order valence-electron chi connectivity index (χ3n) is 5.43. The molecule has 1 aromatic rings. The Bertz CT molecular complexity index is 555. The third-order valence-corrected chi connectivity index (χ3v) is 5.43. The van der Waals surface area contributed by atoms with Crippen LogP contribution in [0.2, 0.25) is 0 Å². The lowest BCUT2D eigenvalue weighted by molar-refractivity contribution is -0.116. The highest BCUT2D eigenvalue weighted by atomic mass is 16.5. The van der Waals surface area contributed by atoms with Gasteiger partial charge in [0.2, 0.25) is 5.91 Å². The Balaban J connectivity index is 1.61. The van der Waals surface area contributed by atoms with Crippen LogP contribution in [-0.2, 0) is 4.79 Å². The normalized spacial score (nSPS) is 22.7. The Labute approximate surface area is 146 Å². The molecular weight excluding hydrogens is 298 g/mol. The van der Waals surface area contributed by atoms with Crippen LogP contribution in [0.1, 0.15) is 89.0 Å². The van der Waals surface area contributed by atoms with E-state index in [0.29, 0.717) is 18.4 Å². The number of unbranched alkanes of at least 4 members (excludes halogenated alkanes) is 3. The summed E-state index contributed by atoms with van der Waals surface area (Å²) < 4.78 is 6.19. The zero-order valence-corrected chi connectivity index (χ0v) is 15.0. The van der Waals surface area contributed by atoms with E-state index >= 15 is 0 Å². The van der Waals surface area contributed by atoms with E-state index in [4.69, 9.17) is 4.74 Å². The van der Waals surface area contributed by atoms with Gasteiger partial charge < -0.3 is 10.1 Å². The van der Waals surface area contributed by atoms with Crippen molar-refractivity contribution < 1.29 is 9.53 Å². The maximum absolute atomic E-state index is 12.1. The van der Waals surface area contributed by atoms with Crippen molar-refractivity contribution in [1.82, 2.24) is 0 Å². The molecule has 1 aliphatic heterocycles. The summed E-state index contributed by atoms with van der Waals surface area (Å²) >= 11 is 0. The molecule has 3 heteroatoms. The van der Waals surface area contributed by atoms with Gasteiger partial charge in [-0.05, 0) is 43.9 Å². The van der Waals surface area contributed by atoms with Gasteiger partial charge >= 0.3 is 0 Å². The quantitative estimate of drug-likeness (QED) is 0.670. The summed E-state index contributed by atoms with van der Waals surface area (Å²) in [5, 5.41) is 3.08. The Morgan fingerprint density at radius 1 is 1.12 bits per heavy atom. The Morgan fingerprint density at radius 3 is 2.79 bits per heavy atom. The highest BCUT2D eigenvalue weighted by molar-refractivity contribution is 5.90. The first-order valence-corrected chi connectivity index (χ1v) is 9.88. The lowest BCUT2D eigenvalue weighted by Gasteiger charge is -2.21. The van der Waals surface area contributed by atoms with Crippen molar-refractivity contribution in [2.24, 2.45) is 0 Å².